The van der Waals surface area contributed by atoms with Gasteiger partial charge < -0.3 is 10.6 Å². The average Bonchev–Trinajstić information content (AvgIpc) is 2.48. The Kier molecular flexibility index (Phi) is 13.3. The molecule has 0 aromatic rings. The molecule has 10 heavy (non-hydrogen) atoms. The van der Waals surface area contributed by atoms with Crippen molar-refractivity contribution in [3.63, 3.8) is 0 Å². The first-order valence-corrected chi connectivity index (χ1v) is 3.91. The van der Waals surface area contributed by atoms with E-state index in [4.69, 9.17) is 0 Å². The van der Waals surface area contributed by atoms with Gasteiger partial charge >= 0.3 is 6.03 Å². The second-order valence-electron chi connectivity index (χ2n) is 1.18. The molecular weight excluding hydrogens is 128 g/mol. The highest BCUT2D eigenvalue weighted by molar-refractivity contribution is 5.75. The number of urea groups is 1. The van der Waals surface area contributed by atoms with Gasteiger partial charge in [-0.2, -0.15) is 0 Å². The van der Waals surface area contributed by atoms with E-state index in [9.17, 15) is 4.79 Å². The third kappa shape index (κ3) is 7.27. The molecule has 3 heteroatoms. The maximum absolute atomic E-state index is 10.0. The van der Waals surface area contributed by atoms with Crippen LogP contribution >= 0.6 is 0 Å². The van der Waals surface area contributed by atoms with Crippen molar-refractivity contribution >= 4 is 6.03 Å². The molecule has 0 unspecified atom stereocenters. The van der Waals surface area contributed by atoms with Crippen molar-refractivity contribution < 1.29 is 4.79 Å². The molecule has 2 amide bonds. The number of hydrogen-bond donors (Lipinski definition) is 2. The van der Waals surface area contributed by atoms with Crippen molar-refractivity contribution in [2.24, 2.45) is 0 Å². The van der Waals surface area contributed by atoms with E-state index in [0.29, 0.717) is 0 Å². The maximum atomic E-state index is 10.0. The second kappa shape index (κ2) is 11.1. The van der Waals surface area contributed by atoms with E-state index in [1.165, 1.54) is 0 Å². The molecule has 0 aromatic carbocycles. The van der Waals surface area contributed by atoms with Crippen molar-refractivity contribution in [3.8, 4) is 0 Å². The van der Waals surface area contributed by atoms with Gasteiger partial charge in [-0.1, -0.05) is 27.7 Å². The van der Waals surface area contributed by atoms with Crippen LogP contribution in [0.5, 0.6) is 0 Å². The molecule has 0 radical (unpaired) electrons. The summed E-state index contributed by atoms with van der Waals surface area (Å²) in [6, 6.07) is -0.0463. The molecule has 0 bridgehead atoms. The molecule has 1 aliphatic rings. The fourth-order valence-electron chi connectivity index (χ4n) is 0.415. The van der Waals surface area contributed by atoms with Crippen LogP contribution < -0.4 is 10.6 Å². The van der Waals surface area contributed by atoms with Crippen molar-refractivity contribution in [1.29, 1.82) is 0 Å². The smallest absolute Gasteiger partial charge is 0.314 e. The van der Waals surface area contributed by atoms with Crippen LogP contribution in [0.2, 0.25) is 0 Å². The quantitative estimate of drug-likeness (QED) is 0.532. The highest BCUT2D eigenvalue weighted by atomic mass is 16.2. The molecule has 0 spiro atoms. The lowest BCUT2D eigenvalue weighted by Gasteiger charge is -1.80. The van der Waals surface area contributed by atoms with E-state index in [2.05, 4.69) is 10.6 Å². The SMILES string of the molecule is CC.CC.O=C1NCCN1. The van der Waals surface area contributed by atoms with Gasteiger partial charge in [0.2, 0.25) is 0 Å². The van der Waals surface area contributed by atoms with Crippen molar-refractivity contribution in [1.82, 2.24) is 10.6 Å². The molecule has 3 nitrogen and oxygen atoms in total. The molecule has 1 heterocycles. The third-order valence-corrected chi connectivity index (χ3v) is 0.696. The van der Waals surface area contributed by atoms with Crippen LogP contribution in [0.3, 0.4) is 0 Å². The topological polar surface area (TPSA) is 41.1 Å². The van der Waals surface area contributed by atoms with Crippen molar-refractivity contribution in [2.75, 3.05) is 13.1 Å². The second-order valence-corrected chi connectivity index (χ2v) is 1.18. The number of carbonyl (C=O) groups is 1. The van der Waals surface area contributed by atoms with Gasteiger partial charge in [0.05, 0.1) is 0 Å². The van der Waals surface area contributed by atoms with Crippen LogP contribution in [0.4, 0.5) is 4.79 Å². The van der Waals surface area contributed by atoms with Gasteiger partial charge in [-0.05, 0) is 0 Å². The lowest BCUT2D eigenvalue weighted by molar-refractivity contribution is 0.248. The number of nitrogens with one attached hydrogen (secondary N) is 2. The van der Waals surface area contributed by atoms with Gasteiger partial charge in [0.25, 0.3) is 0 Å². The Morgan fingerprint density at radius 1 is 1.00 bits per heavy atom. The maximum Gasteiger partial charge on any atom is 0.314 e. The molecule has 1 aliphatic heterocycles. The summed E-state index contributed by atoms with van der Waals surface area (Å²) >= 11 is 0. The fourth-order valence-corrected chi connectivity index (χ4v) is 0.415. The Hall–Kier alpha value is -0.730. The number of amides is 2. The van der Waals surface area contributed by atoms with Gasteiger partial charge in [-0.3, -0.25) is 0 Å². The molecule has 0 aliphatic carbocycles. The molecule has 2 N–H and O–H groups in total. The monoisotopic (exact) mass is 146 g/mol. The normalized spacial score (nSPS) is 13.0. The summed E-state index contributed by atoms with van der Waals surface area (Å²) in [5.41, 5.74) is 0. The lowest BCUT2D eigenvalue weighted by Crippen LogP contribution is -2.20. The zero-order chi connectivity index (χ0) is 8.41. The first kappa shape index (κ1) is 12.0. The van der Waals surface area contributed by atoms with Gasteiger partial charge in [0, 0.05) is 13.1 Å². The number of carbonyl (C=O) groups excluding carboxylic acids is 1. The average molecular weight is 146 g/mol. The van der Waals surface area contributed by atoms with Crippen LogP contribution in [0.25, 0.3) is 0 Å². The van der Waals surface area contributed by atoms with E-state index >= 15 is 0 Å². The Morgan fingerprint density at radius 3 is 1.40 bits per heavy atom. The summed E-state index contributed by atoms with van der Waals surface area (Å²) in [6.07, 6.45) is 0. The summed E-state index contributed by atoms with van der Waals surface area (Å²) < 4.78 is 0. The van der Waals surface area contributed by atoms with Gasteiger partial charge in [0.1, 0.15) is 0 Å². The van der Waals surface area contributed by atoms with E-state index in [1.54, 1.807) is 0 Å². The van der Waals surface area contributed by atoms with Crippen molar-refractivity contribution in [3.05, 3.63) is 0 Å². The predicted octanol–water partition coefficient (Wildman–Crippen LogP) is 1.35. The van der Waals surface area contributed by atoms with Gasteiger partial charge in [0.15, 0.2) is 0 Å². The zero-order valence-electron chi connectivity index (χ0n) is 7.32. The molecule has 0 atom stereocenters. The first-order valence-electron chi connectivity index (χ1n) is 3.91. The highest BCUT2D eigenvalue weighted by Gasteiger charge is 2.02. The Bertz CT molecular complexity index is 66.0. The molecule has 1 saturated heterocycles. The highest BCUT2D eigenvalue weighted by Crippen LogP contribution is 1.69. The predicted molar refractivity (Wildman–Crippen MR) is 44.1 cm³/mol. The van der Waals surface area contributed by atoms with E-state index in [1.807, 2.05) is 27.7 Å². The van der Waals surface area contributed by atoms with Crippen LogP contribution in [0, 0.1) is 0 Å². The molecule has 0 saturated carbocycles. The Labute approximate surface area is 63.2 Å². The first-order chi connectivity index (χ1) is 4.89. The van der Waals surface area contributed by atoms with Crippen LogP contribution in [-0.2, 0) is 0 Å². The summed E-state index contributed by atoms with van der Waals surface area (Å²) in [5, 5.41) is 5.14. The largest absolute Gasteiger partial charge is 0.336 e. The summed E-state index contributed by atoms with van der Waals surface area (Å²) in [5.74, 6) is 0. The standard InChI is InChI=1S/C3H6N2O.2C2H6/c6-3-4-1-2-5-3;2*1-2/h1-2H2,(H2,4,5,6);2*1-2H3. The molecule has 1 rings (SSSR count). The van der Waals surface area contributed by atoms with Gasteiger partial charge in [-0.15, -0.1) is 0 Å². The van der Waals surface area contributed by atoms with Crippen LogP contribution in [-0.4, -0.2) is 19.1 Å². The summed E-state index contributed by atoms with van der Waals surface area (Å²) in [4.78, 5) is 10.0. The minimum Gasteiger partial charge on any atom is -0.336 e. The Balaban J connectivity index is 0. The summed E-state index contributed by atoms with van der Waals surface area (Å²) in [7, 11) is 0. The minimum atomic E-state index is -0.0463. The van der Waals surface area contributed by atoms with E-state index < -0.39 is 0 Å². The zero-order valence-corrected chi connectivity index (χ0v) is 7.32. The third-order valence-electron chi connectivity index (χ3n) is 0.696. The molecule has 1 fully saturated rings. The molecule has 0 aromatic heterocycles. The van der Waals surface area contributed by atoms with Crippen LogP contribution in [0.1, 0.15) is 27.7 Å². The van der Waals surface area contributed by atoms with E-state index in [0.717, 1.165) is 13.1 Å². The van der Waals surface area contributed by atoms with Crippen LogP contribution in [0.15, 0.2) is 0 Å². The number of rotatable bonds is 0. The minimum absolute atomic E-state index is 0.0463. The molecule has 62 valence electrons. The van der Waals surface area contributed by atoms with E-state index in [-0.39, 0.29) is 6.03 Å². The van der Waals surface area contributed by atoms with Crippen molar-refractivity contribution in [2.45, 2.75) is 27.7 Å². The lowest BCUT2D eigenvalue weighted by atomic mass is 10.7. The summed E-state index contributed by atoms with van der Waals surface area (Å²) in [6.45, 7) is 9.55. The Morgan fingerprint density at radius 2 is 1.30 bits per heavy atom. The van der Waals surface area contributed by atoms with Gasteiger partial charge in [-0.25, -0.2) is 4.79 Å². The molecular formula is C7H18N2O. The number of hydrogen-bond acceptors (Lipinski definition) is 1. The fraction of sp³-hybridized carbons (Fsp3) is 0.857.